The molecule has 2 aromatic carbocycles. The third-order valence-corrected chi connectivity index (χ3v) is 4.60. The second-order valence-electron chi connectivity index (χ2n) is 5.92. The molecule has 0 unspecified atom stereocenters. The first-order valence-corrected chi connectivity index (χ1v) is 7.67. The molecule has 1 aliphatic heterocycles. The molecule has 1 amide bonds. The lowest BCUT2D eigenvalue weighted by Crippen LogP contribution is -2.36. The number of rotatable bonds is 1. The van der Waals surface area contributed by atoms with Crippen LogP contribution in [0.4, 0.5) is 0 Å². The van der Waals surface area contributed by atoms with Crippen LogP contribution in [-0.4, -0.2) is 22.3 Å². The van der Waals surface area contributed by atoms with E-state index in [1.54, 1.807) is 0 Å². The van der Waals surface area contributed by atoms with Crippen LogP contribution in [0.2, 0.25) is 0 Å². The van der Waals surface area contributed by atoms with Gasteiger partial charge in [0.1, 0.15) is 5.69 Å². The molecule has 1 aromatic heterocycles. The molecule has 3 nitrogen and oxygen atoms in total. The van der Waals surface area contributed by atoms with Gasteiger partial charge in [0.05, 0.1) is 0 Å². The van der Waals surface area contributed by atoms with E-state index in [1.165, 1.54) is 11.1 Å². The highest BCUT2D eigenvalue weighted by Gasteiger charge is 2.24. The van der Waals surface area contributed by atoms with Crippen molar-refractivity contribution >= 4 is 16.8 Å². The predicted molar refractivity (Wildman–Crippen MR) is 87.9 cm³/mol. The molecule has 0 aliphatic carbocycles. The molecule has 0 radical (unpaired) electrons. The Morgan fingerprint density at radius 1 is 1.05 bits per heavy atom. The van der Waals surface area contributed by atoms with Gasteiger partial charge in [0, 0.05) is 24.0 Å². The Bertz CT molecular complexity index is 863. The lowest BCUT2D eigenvalue weighted by molar-refractivity contribution is 0.0729. The number of hydrogen-bond acceptors (Lipinski definition) is 1. The largest absolute Gasteiger partial charge is 0.350 e. The summed E-state index contributed by atoms with van der Waals surface area (Å²) in [6.45, 7) is 3.50. The maximum atomic E-state index is 12.9. The number of nitrogens with zero attached hydrogens (tertiary/aromatic N) is 1. The maximum absolute atomic E-state index is 12.9. The fourth-order valence-electron chi connectivity index (χ4n) is 3.32. The molecule has 1 N–H and O–H groups in total. The zero-order valence-corrected chi connectivity index (χ0v) is 12.6. The van der Waals surface area contributed by atoms with Crippen LogP contribution in [0.1, 0.15) is 27.2 Å². The predicted octanol–water partition coefficient (Wildman–Crippen LogP) is 3.67. The van der Waals surface area contributed by atoms with Crippen LogP contribution >= 0.6 is 0 Å². The first kappa shape index (κ1) is 13.1. The number of carbonyl (C=O) groups is 1. The summed E-state index contributed by atoms with van der Waals surface area (Å²) in [7, 11) is 0. The molecule has 0 spiro atoms. The van der Waals surface area contributed by atoms with Gasteiger partial charge in [-0.3, -0.25) is 4.79 Å². The van der Waals surface area contributed by atoms with Crippen LogP contribution in [0.25, 0.3) is 10.9 Å². The summed E-state index contributed by atoms with van der Waals surface area (Å²) in [6, 6.07) is 16.5. The zero-order valence-electron chi connectivity index (χ0n) is 12.6. The summed E-state index contributed by atoms with van der Waals surface area (Å²) < 4.78 is 0. The molecule has 4 rings (SSSR count). The monoisotopic (exact) mass is 290 g/mol. The second-order valence-corrected chi connectivity index (χ2v) is 5.92. The summed E-state index contributed by atoms with van der Waals surface area (Å²) in [5.74, 6) is 0.100. The summed E-state index contributed by atoms with van der Waals surface area (Å²) in [5, 5.41) is 1.13. The van der Waals surface area contributed by atoms with Gasteiger partial charge in [-0.05, 0) is 36.1 Å². The van der Waals surface area contributed by atoms with E-state index in [0.29, 0.717) is 6.54 Å². The highest BCUT2D eigenvalue weighted by Crippen LogP contribution is 2.25. The molecule has 22 heavy (non-hydrogen) atoms. The Hall–Kier alpha value is -2.55. The Balaban J connectivity index is 1.68. The van der Waals surface area contributed by atoms with Crippen molar-refractivity contribution in [2.24, 2.45) is 0 Å². The van der Waals surface area contributed by atoms with Gasteiger partial charge < -0.3 is 9.88 Å². The quantitative estimate of drug-likeness (QED) is 0.729. The number of amides is 1. The third kappa shape index (κ3) is 2.01. The molecule has 110 valence electrons. The van der Waals surface area contributed by atoms with Crippen molar-refractivity contribution in [1.29, 1.82) is 0 Å². The van der Waals surface area contributed by atoms with Crippen LogP contribution in [0.3, 0.4) is 0 Å². The average molecular weight is 290 g/mol. The number of aryl methyl sites for hydroxylation is 1. The van der Waals surface area contributed by atoms with Crippen molar-refractivity contribution in [2.75, 3.05) is 6.54 Å². The van der Waals surface area contributed by atoms with Gasteiger partial charge in [-0.1, -0.05) is 42.5 Å². The van der Waals surface area contributed by atoms with E-state index < -0.39 is 0 Å². The Kier molecular flexibility index (Phi) is 3.00. The van der Waals surface area contributed by atoms with E-state index in [9.17, 15) is 4.79 Å². The van der Waals surface area contributed by atoms with E-state index in [1.807, 2.05) is 36.1 Å². The molecule has 0 saturated carbocycles. The first-order valence-electron chi connectivity index (χ1n) is 7.67. The smallest absolute Gasteiger partial charge is 0.270 e. The van der Waals surface area contributed by atoms with Crippen molar-refractivity contribution in [2.45, 2.75) is 19.9 Å². The number of carbonyl (C=O) groups excluding carboxylic acids is 1. The van der Waals surface area contributed by atoms with E-state index in [-0.39, 0.29) is 5.91 Å². The lowest BCUT2D eigenvalue weighted by atomic mass is 9.99. The van der Waals surface area contributed by atoms with Crippen molar-refractivity contribution in [1.82, 2.24) is 9.88 Å². The summed E-state index contributed by atoms with van der Waals surface area (Å²) in [5.41, 5.74) is 5.41. The van der Waals surface area contributed by atoms with Gasteiger partial charge in [0.2, 0.25) is 0 Å². The van der Waals surface area contributed by atoms with Gasteiger partial charge >= 0.3 is 0 Å². The Labute approximate surface area is 129 Å². The second kappa shape index (κ2) is 5.02. The molecule has 0 fully saturated rings. The molecular weight excluding hydrogens is 272 g/mol. The number of aromatic nitrogens is 1. The average Bonchev–Trinajstić information content (AvgIpc) is 2.91. The molecule has 3 aromatic rings. The van der Waals surface area contributed by atoms with E-state index >= 15 is 0 Å². The van der Waals surface area contributed by atoms with Gasteiger partial charge in [-0.2, -0.15) is 0 Å². The first-order chi connectivity index (χ1) is 10.7. The van der Waals surface area contributed by atoms with Crippen LogP contribution in [0.15, 0.2) is 48.5 Å². The van der Waals surface area contributed by atoms with E-state index in [4.69, 9.17) is 0 Å². The van der Waals surface area contributed by atoms with Crippen LogP contribution in [0.5, 0.6) is 0 Å². The van der Waals surface area contributed by atoms with Crippen LogP contribution < -0.4 is 0 Å². The summed E-state index contributed by atoms with van der Waals surface area (Å²) in [4.78, 5) is 18.1. The lowest BCUT2D eigenvalue weighted by Gasteiger charge is -2.28. The number of benzene rings is 2. The molecule has 3 heteroatoms. The minimum atomic E-state index is 0.100. The highest BCUT2D eigenvalue weighted by molar-refractivity contribution is 6.00. The minimum Gasteiger partial charge on any atom is -0.350 e. The number of nitrogens with one attached hydrogen (secondary N) is 1. The fraction of sp³-hybridized carbons (Fsp3) is 0.211. The molecule has 0 bridgehead atoms. The van der Waals surface area contributed by atoms with Crippen molar-refractivity contribution in [3.8, 4) is 0 Å². The molecule has 2 heterocycles. The summed E-state index contributed by atoms with van der Waals surface area (Å²) in [6.07, 6.45) is 0.932. The molecule has 0 saturated heterocycles. The van der Waals surface area contributed by atoms with Crippen molar-refractivity contribution in [3.63, 3.8) is 0 Å². The highest BCUT2D eigenvalue weighted by atomic mass is 16.2. The van der Waals surface area contributed by atoms with Gasteiger partial charge in [0.25, 0.3) is 5.91 Å². The van der Waals surface area contributed by atoms with Gasteiger partial charge in [0.15, 0.2) is 0 Å². The van der Waals surface area contributed by atoms with Gasteiger partial charge in [-0.15, -0.1) is 0 Å². The zero-order chi connectivity index (χ0) is 15.1. The van der Waals surface area contributed by atoms with Crippen LogP contribution in [0, 0.1) is 6.92 Å². The van der Waals surface area contributed by atoms with Gasteiger partial charge in [-0.25, -0.2) is 0 Å². The summed E-state index contributed by atoms with van der Waals surface area (Å²) >= 11 is 0. The minimum absolute atomic E-state index is 0.100. The SMILES string of the molecule is Cc1c(C(=O)N2CCc3ccccc3C2)[nH]c2ccccc12. The Morgan fingerprint density at radius 3 is 2.59 bits per heavy atom. The van der Waals surface area contributed by atoms with Crippen LogP contribution in [-0.2, 0) is 13.0 Å². The molecule has 1 aliphatic rings. The molecular formula is C19H18N2O. The number of para-hydroxylation sites is 1. The Morgan fingerprint density at radius 2 is 1.77 bits per heavy atom. The number of aromatic amines is 1. The maximum Gasteiger partial charge on any atom is 0.270 e. The topological polar surface area (TPSA) is 36.1 Å². The van der Waals surface area contributed by atoms with E-state index in [0.717, 1.165) is 35.1 Å². The standard InChI is InChI=1S/C19H18N2O/c1-13-16-8-4-5-9-17(16)20-18(13)19(22)21-11-10-14-6-2-3-7-15(14)12-21/h2-9,20H,10-12H2,1H3. The fourth-order valence-corrected chi connectivity index (χ4v) is 3.32. The number of hydrogen-bond donors (Lipinski definition) is 1. The third-order valence-electron chi connectivity index (χ3n) is 4.60. The number of fused-ring (bicyclic) bond motifs is 2. The van der Waals surface area contributed by atoms with Crippen molar-refractivity contribution < 1.29 is 4.79 Å². The normalized spacial score (nSPS) is 14.1. The van der Waals surface area contributed by atoms with E-state index in [2.05, 4.69) is 29.2 Å². The molecule has 0 atom stereocenters. The van der Waals surface area contributed by atoms with Crippen molar-refractivity contribution in [3.05, 3.63) is 70.9 Å². The number of H-pyrrole nitrogens is 1.